The average molecular weight is 286 g/mol. The van der Waals surface area contributed by atoms with E-state index >= 15 is 0 Å². The highest BCUT2D eigenvalue weighted by Crippen LogP contribution is 2.58. The van der Waals surface area contributed by atoms with Crippen molar-refractivity contribution in [3.63, 3.8) is 0 Å². The number of hydrogen-bond acceptors (Lipinski definition) is 3. The molecular formula is C16H22N4O. The molecule has 1 heterocycles. The largest absolute Gasteiger partial charge is 0.283 e. The van der Waals surface area contributed by atoms with Crippen LogP contribution in [0.3, 0.4) is 0 Å². The van der Waals surface area contributed by atoms with Crippen LogP contribution in [0.4, 0.5) is 0 Å². The van der Waals surface area contributed by atoms with Crippen LogP contribution < -0.4 is 5.43 Å². The normalized spacial score (nSPS) is 26.3. The molecule has 3 aliphatic carbocycles. The molecule has 2 N–H and O–H groups in total. The number of aromatic nitrogens is 2. The zero-order valence-electron chi connectivity index (χ0n) is 12.8. The van der Waals surface area contributed by atoms with Crippen molar-refractivity contribution in [2.75, 3.05) is 0 Å². The van der Waals surface area contributed by atoms with Gasteiger partial charge in [-0.2, -0.15) is 10.2 Å². The summed E-state index contributed by atoms with van der Waals surface area (Å²) in [5, 5.41) is 11.0. The molecule has 2 unspecified atom stereocenters. The van der Waals surface area contributed by atoms with Crippen LogP contribution in [-0.2, 0) is 11.2 Å². The molecule has 0 saturated heterocycles. The van der Waals surface area contributed by atoms with Crippen LogP contribution in [0.25, 0.3) is 0 Å². The van der Waals surface area contributed by atoms with Gasteiger partial charge in [0.1, 0.15) is 0 Å². The Morgan fingerprint density at radius 3 is 3.05 bits per heavy atom. The molecule has 112 valence electrons. The van der Waals surface area contributed by atoms with Crippen molar-refractivity contribution in [3.05, 3.63) is 29.1 Å². The van der Waals surface area contributed by atoms with Gasteiger partial charge >= 0.3 is 0 Å². The quantitative estimate of drug-likeness (QED) is 0.659. The van der Waals surface area contributed by atoms with Crippen LogP contribution in [-0.4, -0.2) is 22.3 Å². The van der Waals surface area contributed by atoms with Crippen molar-refractivity contribution < 1.29 is 4.79 Å². The molecule has 0 spiro atoms. The van der Waals surface area contributed by atoms with Gasteiger partial charge < -0.3 is 0 Å². The summed E-state index contributed by atoms with van der Waals surface area (Å²) in [6, 6.07) is 1.87. The van der Waals surface area contributed by atoms with E-state index in [0.29, 0.717) is 11.3 Å². The molecule has 2 atom stereocenters. The maximum absolute atomic E-state index is 11.8. The minimum absolute atomic E-state index is 0.139. The first kappa shape index (κ1) is 14.0. The number of fused-ring (bicyclic) bond motifs is 1. The first-order valence-electron chi connectivity index (χ1n) is 7.49. The number of amides is 1. The molecule has 1 aromatic rings. The van der Waals surface area contributed by atoms with E-state index < -0.39 is 0 Å². The van der Waals surface area contributed by atoms with Gasteiger partial charge in [-0.15, -0.1) is 0 Å². The van der Waals surface area contributed by atoms with Crippen molar-refractivity contribution in [1.82, 2.24) is 15.6 Å². The third-order valence-electron chi connectivity index (χ3n) is 5.01. The van der Waals surface area contributed by atoms with E-state index in [4.69, 9.17) is 0 Å². The highest BCUT2D eigenvalue weighted by atomic mass is 16.2. The van der Waals surface area contributed by atoms with Crippen LogP contribution >= 0.6 is 0 Å². The maximum Gasteiger partial charge on any atom is 0.246 e. The molecule has 1 aromatic heterocycles. The average Bonchev–Trinajstić information content (AvgIpc) is 2.84. The minimum Gasteiger partial charge on any atom is -0.283 e. The molecule has 1 fully saturated rings. The summed E-state index contributed by atoms with van der Waals surface area (Å²) >= 11 is 0. The van der Waals surface area contributed by atoms with Crippen molar-refractivity contribution >= 4 is 12.1 Å². The van der Waals surface area contributed by atoms with E-state index in [2.05, 4.69) is 40.6 Å². The zero-order chi connectivity index (χ0) is 15.0. The van der Waals surface area contributed by atoms with Crippen LogP contribution in [0.5, 0.6) is 0 Å². The number of carbonyl (C=O) groups is 1. The Kier molecular flexibility index (Phi) is 3.43. The molecule has 0 aromatic carbocycles. The maximum atomic E-state index is 11.8. The predicted octanol–water partition coefficient (Wildman–Crippen LogP) is 2.36. The Hall–Kier alpha value is -1.91. The summed E-state index contributed by atoms with van der Waals surface area (Å²) in [7, 11) is 0. The fraction of sp³-hybridized carbons (Fsp3) is 0.562. The Bertz CT molecular complexity index is 612. The molecule has 4 rings (SSSR count). The summed E-state index contributed by atoms with van der Waals surface area (Å²) in [6.07, 6.45) is 6.71. The fourth-order valence-corrected chi connectivity index (χ4v) is 3.49. The monoisotopic (exact) mass is 286 g/mol. The number of aryl methyl sites for hydroxylation is 1. The highest BCUT2D eigenvalue weighted by molar-refractivity contribution is 5.83. The second-order valence-electron chi connectivity index (χ2n) is 6.76. The fourth-order valence-electron chi connectivity index (χ4n) is 3.49. The molecule has 21 heavy (non-hydrogen) atoms. The van der Waals surface area contributed by atoms with Gasteiger partial charge in [0.05, 0.1) is 18.3 Å². The summed E-state index contributed by atoms with van der Waals surface area (Å²) < 4.78 is 0. The second kappa shape index (κ2) is 5.13. The summed E-state index contributed by atoms with van der Waals surface area (Å²) in [6.45, 7) is 6.56. The number of carbonyl (C=O) groups excluding carboxylic acids is 1. The van der Waals surface area contributed by atoms with Gasteiger partial charge in [-0.1, -0.05) is 19.9 Å². The lowest BCUT2D eigenvalue weighted by Gasteiger charge is -2.55. The van der Waals surface area contributed by atoms with E-state index in [1.165, 1.54) is 12.0 Å². The molecule has 5 heteroatoms. The molecule has 0 radical (unpaired) electrons. The lowest BCUT2D eigenvalue weighted by atomic mass is 9.49. The summed E-state index contributed by atoms with van der Waals surface area (Å²) in [5.74, 6) is 1.27. The number of hydrazone groups is 1. The highest BCUT2D eigenvalue weighted by Gasteiger charge is 2.50. The minimum atomic E-state index is -0.139. The third-order valence-corrected chi connectivity index (χ3v) is 5.01. The molecule has 5 nitrogen and oxygen atoms in total. The van der Waals surface area contributed by atoms with Crippen molar-refractivity contribution in [2.24, 2.45) is 22.4 Å². The van der Waals surface area contributed by atoms with Gasteiger partial charge in [-0.05, 0) is 48.7 Å². The molecule has 2 bridgehead atoms. The molecule has 1 amide bonds. The summed E-state index contributed by atoms with van der Waals surface area (Å²) in [4.78, 5) is 11.8. The van der Waals surface area contributed by atoms with Gasteiger partial charge in [0.25, 0.3) is 0 Å². The van der Waals surface area contributed by atoms with E-state index in [0.717, 1.165) is 23.7 Å². The molecule has 3 aliphatic rings. The lowest BCUT2D eigenvalue weighted by Crippen LogP contribution is -2.48. The Morgan fingerprint density at radius 1 is 1.62 bits per heavy atom. The van der Waals surface area contributed by atoms with E-state index in [9.17, 15) is 4.79 Å². The van der Waals surface area contributed by atoms with Gasteiger partial charge in [0.2, 0.25) is 5.91 Å². The zero-order valence-corrected chi connectivity index (χ0v) is 12.8. The van der Waals surface area contributed by atoms with E-state index in [1.807, 2.05) is 19.2 Å². The second-order valence-corrected chi connectivity index (χ2v) is 6.76. The Morgan fingerprint density at radius 2 is 2.43 bits per heavy atom. The van der Waals surface area contributed by atoms with Crippen LogP contribution in [0.15, 0.2) is 22.8 Å². The molecular weight excluding hydrogens is 264 g/mol. The summed E-state index contributed by atoms with van der Waals surface area (Å²) in [5.41, 5.74) is 5.92. The van der Waals surface area contributed by atoms with Gasteiger partial charge in [0, 0.05) is 5.69 Å². The number of hydrogen-bond donors (Lipinski definition) is 2. The first-order valence-corrected chi connectivity index (χ1v) is 7.49. The predicted molar refractivity (Wildman–Crippen MR) is 81.7 cm³/mol. The standard InChI is InChI=1S/C16H22N4O/c1-10-6-13(19-18-10)8-15(21)20-17-9-11-4-5-12-7-14(11)16(12,2)3/h4,6,9,12,14H,5,7-8H2,1-3H3,(H,18,19)(H,20,21). The third kappa shape index (κ3) is 2.64. The van der Waals surface area contributed by atoms with Crippen molar-refractivity contribution in [2.45, 2.75) is 40.0 Å². The van der Waals surface area contributed by atoms with Gasteiger partial charge in [-0.25, -0.2) is 5.43 Å². The SMILES string of the molecule is Cc1cc(CC(=O)NN=CC2=CCC3CC2C3(C)C)n[nH]1. The van der Waals surface area contributed by atoms with Crippen molar-refractivity contribution in [3.8, 4) is 0 Å². The number of nitrogens with one attached hydrogen (secondary N) is 2. The number of aromatic amines is 1. The molecule has 0 aliphatic heterocycles. The number of rotatable bonds is 4. The first-order chi connectivity index (χ1) is 9.96. The van der Waals surface area contributed by atoms with Gasteiger partial charge in [-0.3, -0.25) is 9.89 Å². The number of nitrogens with zero attached hydrogens (tertiary/aromatic N) is 2. The number of allylic oxidation sites excluding steroid dienone is 2. The van der Waals surface area contributed by atoms with E-state index in [1.54, 1.807) is 0 Å². The Labute approximate surface area is 124 Å². The Balaban J connectivity index is 1.53. The van der Waals surface area contributed by atoms with Crippen LogP contribution in [0.2, 0.25) is 0 Å². The topological polar surface area (TPSA) is 70.1 Å². The molecule has 1 saturated carbocycles. The van der Waals surface area contributed by atoms with Crippen LogP contribution in [0, 0.1) is 24.2 Å². The smallest absolute Gasteiger partial charge is 0.246 e. The van der Waals surface area contributed by atoms with Crippen molar-refractivity contribution in [1.29, 1.82) is 0 Å². The van der Waals surface area contributed by atoms with E-state index in [-0.39, 0.29) is 12.3 Å². The van der Waals surface area contributed by atoms with Crippen LogP contribution in [0.1, 0.15) is 38.1 Å². The lowest BCUT2D eigenvalue weighted by molar-refractivity contribution is -0.120. The number of H-pyrrole nitrogens is 1. The van der Waals surface area contributed by atoms with Gasteiger partial charge in [0.15, 0.2) is 0 Å².